The molecule has 0 heterocycles. The van der Waals surface area contributed by atoms with E-state index >= 15 is 0 Å². The molecule has 42 heavy (non-hydrogen) atoms. The summed E-state index contributed by atoms with van der Waals surface area (Å²) in [5, 5.41) is 17.1. The van der Waals surface area contributed by atoms with Crippen molar-refractivity contribution in [2.24, 2.45) is 0 Å². The van der Waals surface area contributed by atoms with Crippen LogP contribution in [0.2, 0.25) is 0 Å². The number of nitrogens with zero attached hydrogens (tertiary/aromatic N) is 2. The minimum Gasteiger partial charge on any atom is -0.494 e. The number of rotatable bonds is 27. The quantitative estimate of drug-likeness (QED) is 0.0988. The van der Waals surface area contributed by atoms with Crippen LogP contribution in [-0.2, 0) is 22.3 Å². The van der Waals surface area contributed by atoms with Gasteiger partial charge in [0, 0.05) is 39.3 Å². The lowest BCUT2D eigenvalue weighted by Gasteiger charge is -2.09. The van der Waals surface area contributed by atoms with Crippen molar-refractivity contribution in [3.8, 4) is 23.6 Å². The molecule has 0 radical (unpaired) electrons. The zero-order valence-electron chi connectivity index (χ0n) is 25.7. The highest BCUT2D eigenvalue weighted by Crippen LogP contribution is 2.16. The molecule has 0 aromatic heterocycles. The first kappa shape index (κ1) is 35.1. The Labute approximate surface area is 254 Å². The second kappa shape index (κ2) is 25.6. The summed E-state index contributed by atoms with van der Waals surface area (Å²) in [4.78, 5) is 0. The number of benzene rings is 2. The third-order valence-electron chi connectivity index (χ3n) is 7.09. The summed E-state index contributed by atoms with van der Waals surface area (Å²) >= 11 is 0. The fourth-order valence-corrected chi connectivity index (χ4v) is 4.57. The van der Waals surface area contributed by atoms with Crippen LogP contribution < -0.4 is 9.47 Å². The van der Waals surface area contributed by atoms with Crippen LogP contribution in [0.4, 0.5) is 0 Å². The van der Waals surface area contributed by atoms with E-state index in [4.69, 9.17) is 29.5 Å². The molecule has 6 nitrogen and oxygen atoms in total. The molecule has 2 aromatic rings. The van der Waals surface area contributed by atoms with Crippen molar-refractivity contribution in [3.63, 3.8) is 0 Å². The fraction of sp³-hybridized carbons (Fsp3) is 0.611. The van der Waals surface area contributed by atoms with Crippen molar-refractivity contribution >= 4 is 0 Å². The lowest BCUT2D eigenvalue weighted by Crippen LogP contribution is -2.01. The number of hydrogen-bond acceptors (Lipinski definition) is 6. The summed E-state index contributed by atoms with van der Waals surface area (Å²) in [6.45, 7) is 4.67. The standard InChI is InChI=1S/C36H52N2O4/c37-25-7-1-3-9-27-39-29-13-15-33-17-21-35(22-18-33)41-31-11-5-6-12-32-42-36-23-19-34(20-24-36)16-14-30-40-28-10-4-2-8-26-38/h17-24H,1-16,27-32H2. The maximum absolute atomic E-state index is 8.53. The van der Waals surface area contributed by atoms with Crippen LogP contribution in [0.25, 0.3) is 0 Å². The molecule has 0 aliphatic carbocycles. The average molecular weight is 577 g/mol. The third-order valence-corrected chi connectivity index (χ3v) is 7.09. The number of unbranched alkanes of at least 4 members (excludes halogenated alkanes) is 9. The Morgan fingerprint density at radius 3 is 1.17 bits per heavy atom. The van der Waals surface area contributed by atoms with Crippen LogP contribution in [0.15, 0.2) is 48.5 Å². The van der Waals surface area contributed by atoms with Crippen molar-refractivity contribution in [2.75, 3.05) is 39.6 Å². The second-order valence-corrected chi connectivity index (χ2v) is 10.8. The Hall–Kier alpha value is -3.06. The molecule has 0 aliphatic rings. The lowest BCUT2D eigenvalue weighted by molar-refractivity contribution is 0.128. The molecule has 0 fully saturated rings. The van der Waals surface area contributed by atoms with Crippen molar-refractivity contribution in [1.29, 1.82) is 10.5 Å². The maximum atomic E-state index is 8.53. The highest BCUT2D eigenvalue weighted by atomic mass is 16.5. The highest BCUT2D eigenvalue weighted by molar-refractivity contribution is 5.28. The number of hydrogen-bond donors (Lipinski definition) is 0. The van der Waals surface area contributed by atoms with Crippen LogP contribution in [0, 0.1) is 22.7 Å². The van der Waals surface area contributed by atoms with E-state index in [0.717, 1.165) is 141 Å². The molecule has 0 atom stereocenters. The first-order chi connectivity index (χ1) is 20.8. The Balaban J connectivity index is 1.39. The van der Waals surface area contributed by atoms with Crippen LogP contribution in [-0.4, -0.2) is 39.6 Å². The molecule has 0 saturated heterocycles. The first-order valence-corrected chi connectivity index (χ1v) is 16.1. The normalized spacial score (nSPS) is 10.7. The molecule has 0 saturated carbocycles. The molecule has 2 rings (SSSR count). The van der Waals surface area contributed by atoms with Gasteiger partial charge in [0.15, 0.2) is 0 Å². The molecule has 0 amide bonds. The summed E-state index contributed by atoms with van der Waals surface area (Å²) < 4.78 is 23.2. The van der Waals surface area contributed by atoms with E-state index in [1.54, 1.807) is 0 Å². The van der Waals surface area contributed by atoms with Gasteiger partial charge in [-0.2, -0.15) is 10.5 Å². The summed E-state index contributed by atoms with van der Waals surface area (Å²) in [5.41, 5.74) is 2.63. The zero-order valence-corrected chi connectivity index (χ0v) is 25.7. The number of aryl methyl sites for hydroxylation is 2. The molecular weight excluding hydrogens is 524 g/mol. The largest absolute Gasteiger partial charge is 0.494 e. The Morgan fingerprint density at radius 1 is 0.405 bits per heavy atom. The molecule has 0 spiro atoms. The van der Waals surface area contributed by atoms with Crippen molar-refractivity contribution in [3.05, 3.63) is 59.7 Å². The van der Waals surface area contributed by atoms with Gasteiger partial charge in [0.25, 0.3) is 0 Å². The van der Waals surface area contributed by atoms with Gasteiger partial charge >= 0.3 is 0 Å². The van der Waals surface area contributed by atoms with Crippen LogP contribution >= 0.6 is 0 Å². The monoisotopic (exact) mass is 576 g/mol. The SMILES string of the molecule is N#CCCCCCOCCCc1ccc(OCCCCCCOc2ccc(CCCOCCCCCC#N)cc2)cc1. The molecule has 230 valence electrons. The van der Waals surface area contributed by atoms with Crippen LogP contribution in [0.5, 0.6) is 11.5 Å². The molecular formula is C36H52N2O4. The van der Waals surface area contributed by atoms with Gasteiger partial charge in [-0.15, -0.1) is 0 Å². The van der Waals surface area contributed by atoms with Gasteiger partial charge in [0.2, 0.25) is 0 Å². The van der Waals surface area contributed by atoms with E-state index < -0.39 is 0 Å². The van der Waals surface area contributed by atoms with E-state index in [-0.39, 0.29) is 0 Å². The van der Waals surface area contributed by atoms with Crippen molar-refractivity contribution in [2.45, 2.75) is 103 Å². The van der Waals surface area contributed by atoms with Gasteiger partial charge in [-0.25, -0.2) is 0 Å². The smallest absolute Gasteiger partial charge is 0.119 e. The summed E-state index contributed by atoms with van der Waals surface area (Å²) in [6, 6.07) is 21.2. The molecule has 2 aromatic carbocycles. The van der Waals surface area contributed by atoms with E-state index in [2.05, 4.69) is 60.7 Å². The maximum Gasteiger partial charge on any atom is 0.119 e. The summed E-state index contributed by atoms with van der Waals surface area (Å²) in [5.74, 6) is 1.88. The van der Waals surface area contributed by atoms with E-state index in [9.17, 15) is 0 Å². The molecule has 0 N–H and O–H groups in total. The highest BCUT2D eigenvalue weighted by Gasteiger charge is 2.00. The Kier molecular flexibility index (Phi) is 21.4. The van der Waals surface area contributed by atoms with Gasteiger partial charge in [-0.1, -0.05) is 37.1 Å². The topological polar surface area (TPSA) is 84.5 Å². The number of nitriles is 2. The van der Waals surface area contributed by atoms with Crippen LogP contribution in [0.3, 0.4) is 0 Å². The third kappa shape index (κ3) is 19.1. The zero-order chi connectivity index (χ0) is 29.8. The average Bonchev–Trinajstić information content (AvgIpc) is 3.02. The second-order valence-electron chi connectivity index (χ2n) is 10.8. The molecule has 0 unspecified atom stereocenters. The van der Waals surface area contributed by atoms with Gasteiger partial charge < -0.3 is 18.9 Å². The van der Waals surface area contributed by atoms with E-state index in [0.29, 0.717) is 12.8 Å². The van der Waals surface area contributed by atoms with Crippen molar-refractivity contribution in [1.82, 2.24) is 0 Å². The van der Waals surface area contributed by atoms with Crippen LogP contribution in [0.1, 0.15) is 101 Å². The van der Waals surface area contributed by atoms with Gasteiger partial charge in [-0.3, -0.25) is 0 Å². The Morgan fingerprint density at radius 2 is 0.762 bits per heavy atom. The predicted molar refractivity (Wildman–Crippen MR) is 169 cm³/mol. The summed E-state index contributed by atoms with van der Waals surface area (Å²) in [7, 11) is 0. The first-order valence-electron chi connectivity index (χ1n) is 16.1. The number of ether oxygens (including phenoxy) is 4. The minimum absolute atomic E-state index is 0.651. The van der Waals surface area contributed by atoms with Gasteiger partial charge in [0.1, 0.15) is 11.5 Å². The fourth-order valence-electron chi connectivity index (χ4n) is 4.57. The van der Waals surface area contributed by atoms with E-state index in [1.807, 2.05) is 0 Å². The Bertz CT molecular complexity index is 898. The van der Waals surface area contributed by atoms with Gasteiger partial charge in [-0.05, 0) is 112 Å². The molecule has 0 bridgehead atoms. The molecule has 0 aliphatic heterocycles. The predicted octanol–water partition coefficient (Wildman–Crippen LogP) is 8.77. The molecule has 6 heteroatoms. The summed E-state index contributed by atoms with van der Waals surface area (Å²) in [6.07, 6.45) is 16.0. The van der Waals surface area contributed by atoms with Crippen molar-refractivity contribution < 1.29 is 18.9 Å². The minimum atomic E-state index is 0.651. The lowest BCUT2D eigenvalue weighted by atomic mass is 10.1. The van der Waals surface area contributed by atoms with Gasteiger partial charge in [0.05, 0.1) is 25.4 Å². The van der Waals surface area contributed by atoms with E-state index in [1.165, 1.54) is 11.1 Å².